The molecule has 2 aromatic carbocycles. The summed E-state index contributed by atoms with van der Waals surface area (Å²) in [7, 11) is 0. The zero-order valence-electron chi connectivity index (χ0n) is 11.2. The van der Waals surface area contributed by atoms with Gasteiger partial charge in [-0.1, -0.05) is 18.2 Å². The lowest BCUT2D eigenvalue weighted by molar-refractivity contribution is 0.619. The maximum absolute atomic E-state index is 13.5. The van der Waals surface area contributed by atoms with Gasteiger partial charge in [0.1, 0.15) is 5.82 Å². The number of aromatic nitrogens is 1. The summed E-state index contributed by atoms with van der Waals surface area (Å²) in [4.78, 5) is 4.29. The third-order valence-corrected chi connectivity index (χ3v) is 3.34. The first-order valence-electron chi connectivity index (χ1n) is 6.56. The van der Waals surface area contributed by atoms with Gasteiger partial charge in [0.2, 0.25) is 0 Å². The largest absolute Gasteiger partial charge is 0.381 e. The minimum absolute atomic E-state index is 0.183. The number of hydrogen-bond donors (Lipinski definition) is 1. The highest BCUT2D eigenvalue weighted by Crippen LogP contribution is 2.17. The van der Waals surface area contributed by atoms with E-state index in [9.17, 15) is 4.39 Å². The van der Waals surface area contributed by atoms with Crippen molar-refractivity contribution in [3.05, 3.63) is 71.7 Å². The number of halogens is 1. The van der Waals surface area contributed by atoms with Gasteiger partial charge in [-0.2, -0.15) is 0 Å². The summed E-state index contributed by atoms with van der Waals surface area (Å²) >= 11 is 0. The van der Waals surface area contributed by atoms with E-state index in [0.29, 0.717) is 12.1 Å². The van der Waals surface area contributed by atoms with Crippen LogP contribution in [0.1, 0.15) is 11.1 Å². The Balaban J connectivity index is 1.77. The van der Waals surface area contributed by atoms with Crippen LogP contribution in [0.25, 0.3) is 10.9 Å². The lowest BCUT2D eigenvalue weighted by Crippen LogP contribution is -2.00. The zero-order chi connectivity index (χ0) is 13.9. The molecule has 3 heteroatoms. The van der Waals surface area contributed by atoms with Gasteiger partial charge >= 0.3 is 0 Å². The summed E-state index contributed by atoms with van der Waals surface area (Å²) in [6.07, 6.45) is 1.79. The third kappa shape index (κ3) is 2.62. The minimum Gasteiger partial charge on any atom is -0.381 e. The predicted molar refractivity (Wildman–Crippen MR) is 80.2 cm³/mol. The van der Waals surface area contributed by atoms with Crippen LogP contribution < -0.4 is 5.32 Å². The number of aryl methyl sites for hydroxylation is 1. The molecule has 3 rings (SSSR count). The number of benzene rings is 2. The molecule has 0 aliphatic heterocycles. The Morgan fingerprint density at radius 1 is 1.10 bits per heavy atom. The quantitative estimate of drug-likeness (QED) is 0.764. The second kappa shape index (κ2) is 5.29. The van der Waals surface area contributed by atoms with Gasteiger partial charge in [-0.05, 0) is 48.4 Å². The summed E-state index contributed by atoms with van der Waals surface area (Å²) in [5.74, 6) is -0.183. The van der Waals surface area contributed by atoms with Gasteiger partial charge < -0.3 is 5.32 Å². The normalized spacial score (nSPS) is 10.7. The smallest absolute Gasteiger partial charge is 0.128 e. The number of nitrogens with one attached hydrogen (secondary N) is 1. The highest BCUT2D eigenvalue weighted by molar-refractivity contribution is 5.78. The second-order valence-corrected chi connectivity index (χ2v) is 4.85. The molecule has 0 spiro atoms. The molecule has 1 heterocycles. The fourth-order valence-electron chi connectivity index (χ4n) is 2.14. The van der Waals surface area contributed by atoms with Crippen LogP contribution in [0.2, 0.25) is 0 Å². The molecule has 1 N–H and O–H groups in total. The Labute approximate surface area is 117 Å². The van der Waals surface area contributed by atoms with Crippen molar-refractivity contribution in [2.75, 3.05) is 5.32 Å². The molecule has 3 aromatic rings. The molecule has 0 bridgehead atoms. The van der Waals surface area contributed by atoms with Crippen molar-refractivity contribution in [1.82, 2.24) is 4.98 Å². The molecule has 0 saturated heterocycles. The van der Waals surface area contributed by atoms with E-state index in [4.69, 9.17) is 0 Å². The average Bonchev–Trinajstić information content (AvgIpc) is 2.48. The number of hydrogen-bond acceptors (Lipinski definition) is 2. The Bertz CT molecular complexity index is 753. The Kier molecular flexibility index (Phi) is 3.33. The van der Waals surface area contributed by atoms with Gasteiger partial charge in [0.05, 0.1) is 5.52 Å². The van der Waals surface area contributed by atoms with Crippen molar-refractivity contribution in [2.24, 2.45) is 0 Å². The van der Waals surface area contributed by atoms with Gasteiger partial charge in [0.25, 0.3) is 0 Å². The molecule has 0 atom stereocenters. The number of rotatable bonds is 3. The van der Waals surface area contributed by atoms with Gasteiger partial charge in [0, 0.05) is 23.8 Å². The number of fused-ring (bicyclic) bond motifs is 1. The first-order chi connectivity index (χ1) is 9.72. The molecular weight excluding hydrogens is 251 g/mol. The summed E-state index contributed by atoms with van der Waals surface area (Å²) in [6.45, 7) is 2.42. The van der Waals surface area contributed by atoms with Gasteiger partial charge in [-0.15, -0.1) is 0 Å². The van der Waals surface area contributed by atoms with E-state index in [0.717, 1.165) is 22.2 Å². The van der Waals surface area contributed by atoms with E-state index in [1.165, 1.54) is 6.07 Å². The van der Waals surface area contributed by atoms with Crippen LogP contribution in [0.3, 0.4) is 0 Å². The van der Waals surface area contributed by atoms with E-state index < -0.39 is 0 Å². The number of pyridine rings is 1. The van der Waals surface area contributed by atoms with Crippen LogP contribution in [-0.4, -0.2) is 4.98 Å². The second-order valence-electron chi connectivity index (χ2n) is 4.85. The molecule has 0 saturated carbocycles. The zero-order valence-corrected chi connectivity index (χ0v) is 11.2. The molecule has 1 aromatic heterocycles. The summed E-state index contributed by atoms with van der Waals surface area (Å²) < 4.78 is 13.5. The monoisotopic (exact) mass is 266 g/mol. The van der Waals surface area contributed by atoms with Crippen LogP contribution in [-0.2, 0) is 6.54 Å². The molecule has 0 aliphatic rings. The summed E-state index contributed by atoms with van der Waals surface area (Å²) in [5, 5.41) is 4.35. The molecule has 0 amide bonds. The highest BCUT2D eigenvalue weighted by atomic mass is 19.1. The Morgan fingerprint density at radius 2 is 2.00 bits per heavy atom. The minimum atomic E-state index is -0.183. The van der Waals surface area contributed by atoms with Crippen LogP contribution in [0, 0.1) is 12.7 Å². The molecule has 100 valence electrons. The number of anilines is 1. The fraction of sp³-hybridized carbons (Fsp3) is 0.118. The molecule has 2 nitrogen and oxygen atoms in total. The molecular formula is C17H15FN2. The highest BCUT2D eigenvalue weighted by Gasteiger charge is 2.00. The fourth-order valence-corrected chi connectivity index (χ4v) is 2.14. The topological polar surface area (TPSA) is 24.9 Å². The molecule has 20 heavy (non-hydrogen) atoms. The van der Waals surface area contributed by atoms with E-state index in [2.05, 4.69) is 16.4 Å². The third-order valence-electron chi connectivity index (χ3n) is 3.34. The molecule has 0 unspecified atom stereocenters. The van der Waals surface area contributed by atoms with Crippen molar-refractivity contribution >= 4 is 16.6 Å². The lowest BCUT2D eigenvalue weighted by atomic mass is 10.1. The van der Waals surface area contributed by atoms with Crippen LogP contribution in [0.4, 0.5) is 10.1 Å². The van der Waals surface area contributed by atoms with Crippen molar-refractivity contribution in [1.29, 1.82) is 0 Å². The van der Waals surface area contributed by atoms with E-state index in [1.54, 1.807) is 19.2 Å². The maximum Gasteiger partial charge on any atom is 0.128 e. The molecule has 0 radical (unpaired) electrons. The SMILES string of the molecule is Cc1ccc(NCc2ccc3ncccc3c2)cc1F. The van der Waals surface area contributed by atoms with Gasteiger partial charge in [-0.25, -0.2) is 4.39 Å². The molecule has 0 aliphatic carbocycles. The lowest BCUT2D eigenvalue weighted by Gasteiger charge is -2.08. The van der Waals surface area contributed by atoms with Crippen molar-refractivity contribution in [2.45, 2.75) is 13.5 Å². The van der Waals surface area contributed by atoms with Gasteiger partial charge in [0.15, 0.2) is 0 Å². The standard InChI is InChI=1S/C17H15FN2/c1-12-4-6-15(10-16(12)18)20-11-13-5-7-17-14(9-13)3-2-8-19-17/h2-10,20H,11H2,1H3. The van der Waals surface area contributed by atoms with Crippen LogP contribution in [0.5, 0.6) is 0 Å². The van der Waals surface area contributed by atoms with E-state index in [-0.39, 0.29) is 5.82 Å². The summed E-state index contributed by atoms with van der Waals surface area (Å²) in [5.41, 5.74) is 3.58. The first kappa shape index (κ1) is 12.6. The maximum atomic E-state index is 13.5. The first-order valence-corrected chi connectivity index (χ1v) is 6.56. The van der Waals surface area contributed by atoms with Crippen molar-refractivity contribution < 1.29 is 4.39 Å². The van der Waals surface area contributed by atoms with E-state index >= 15 is 0 Å². The Hall–Kier alpha value is -2.42. The van der Waals surface area contributed by atoms with E-state index in [1.807, 2.05) is 30.3 Å². The Morgan fingerprint density at radius 3 is 2.85 bits per heavy atom. The molecule has 0 fully saturated rings. The van der Waals surface area contributed by atoms with Crippen molar-refractivity contribution in [3.8, 4) is 0 Å². The average molecular weight is 266 g/mol. The van der Waals surface area contributed by atoms with Crippen LogP contribution >= 0.6 is 0 Å². The van der Waals surface area contributed by atoms with Crippen molar-refractivity contribution in [3.63, 3.8) is 0 Å². The van der Waals surface area contributed by atoms with Gasteiger partial charge in [-0.3, -0.25) is 4.98 Å². The number of nitrogens with zero attached hydrogens (tertiary/aromatic N) is 1. The predicted octanol–water partition coefficient (Wildman–Crippen LogP) is 4.29. The summed E-state index contributed by atoms with van der Waals surface area (Å²) in [6, 6.07) is 15.3. The van der Waals surface area contributed by atoms with Crippen LogP contribution in [0.15, 0.2) is 54.7 Å².